The zero-order valence-corrected chi connectivity index (χ0v) is 9.30. The second-order valence-electron chi connectivity index (χ2n) is 3.88. The number of rotatable bonds is 3. The minimum Gasteiger partial charge on any atom is -0.384 e. The number of pyridine rings is 1. The molecule has 0 saturated heterocycles. The van der Waals surface area contributed by atoms with Gasteiger partial charge < -0.3 is 5.73 Å². The molecule has 0 saturated carbocycles. The van der Waals surface area contributed by atoms with Crippen LogP contribution in [0.1, 0.15) is 43.7 Å². The maximum absolute atomic E-state index is 12.7. The average Bonchev–Trinajstić information content (AvgIpc) is 2.16. The molecule has 1 heterocycles. The number of aromatic nitrogens is 1. The van der Waals surface area contributed by atoms with Gasteiger partial charge in [0.15, 0.2) is 0 Å². The van der Waals surface area contributed by atoms with E-state index in [1.54, 1.807) is 6.92 Å². The molecule has 0 amide bonds. The molecule has 0 bridgehead atoms. The first-order valence-electron chi connectivity index (χ1n) is 5.18. The van der Waals surface area contributed by atoms with Crippen LogP contribution in [0.2, 0.25) is 0 Å². The number of alkyl halides is 3. The van der Waals surface area contributed by atoms with E-state index < -0.39 is 11.7 Å². The lowest BCUT2D eigenvalue weighted by Crippen LogP contribution is -2.12. The van der Waals surface area contributed by atoms with Crippen LogP contribution in [0, 0.1) is 0 Å². The van der Waals surface area contributed by atoms with Crippen LogP contribution in [-0.4, -0.2) is 4.98 Å². The highest BCUT2D eigenvalue weighted by atomic mass is 19.4. The molecule has 1 aromatic rings. The van der Waals surface area contributed by atoms with E-state index in [0.717, 1.165) is 12.5 Å². The third-order valence-corrected chi connectivity index (χ3v) is 2.51. The molecule has 2 nitrogen and oxygen atoms in total. The van der Waals surface area contributed by atoms with Crippen LogP contribution in [0.25, 0.3) is 0 Å². The average molecular weight is 232 g/mol. The van der Waals surface area contributed by atoms with E-state index >= 15 is 0 Å². The van der Waals surface area contributed by atoms with Gasteiger partial charge in [0.2, 0.25) is 0 Å². The van der Waals surface area contributed by atoms with Gasteiger partial charge in [-0.25, -0.2) is 4.98 Å². The number of nitrogen functional groups attached to an aromatic ring is 1. The predicted octanol–water partition coefficient (Wildman–Crippen LogP) is 3.59. The predicted molar refractivity (Wildman–Crippen MR) is 57.0 cm³/mol. The molecule has 1 atom stereocenters. The number of hydrogen-bond donors (Lipinski definition) is 1. The lowest BCUT2D eigenvalue weighted by Gasteiger charge is -2.17. The van der Waals surface area contributed by atoms with Crippen molar-refractivity contribution in [2.45, 2.75) is 38.8 Å². The highest BCUT2D eigenvalue weighted by molar-refractivity contribution is 5.40. The van der Waals surface area contributed by atoms with Gasteiger partial charge in [-0.2, -0.15) is 13.2 Å². The molecule has 0 aliphatic rings. The molecule has 0 fully saturated rings. The summed E-state index contributed by atoms with van der Waals surface area (Å²) in [6.07, 6.45) is -1.59. The standard InChI is InChI=1S/C11H15F3N2/c1-3-4-7(2)8-6-16-10(15)5-9(8)11(12,13)14/h5-7H,3-4H2,1-2H3,(H2,15,16). The van der Waals surface area contributed by atoms with Crippen LogP contribution in [0.4, 0.5) is 19.0 Å². The molecule has 2 N–H and O–H groups in total. The first kappa shape index (κ1) is 12.8. The van der Waals surface area contributed by atoms with Gasteiger partial charge in [-0.15, -0.1) is 0 Å². The Morgan fingerprint density at radius 2 is 2.06 bits per heavy atom. The molecule has 0 radical (unpaired) electrons. The van der Waals surface area contributed by atoms with Crippen LogP contribution in [-0.2, 0) is 6.18 Å². The van der Waals surface area contributed by atoms with Gasteiger partial charge in [0.05, 0.1) is 5.56 Å². The Bertz CT molecular complexity index is 361. The highest BCUT2D eigenvalue weighted by Gasteiger charge is 2.34. The van der Waals surface area contributed by atoms with E-state index in [-0.39, 0.29) is 17.3 Å². The van der Waals surface area contributed by atoms with Crippen molar-refractivity contribution in [1.29, 1.82) is 0 Å². The van der Waals surface area contributed by atoms with Crippen molar-refractivity contribution in [3.8, 4) is 0 Å². The van der Waals surface area contributed by atoms with Crippen molar-refractivity contribution in [3.63, 3.8) is 0 Å². The maximum Gasteiger partial charge on any atom is 0.416 e. The van der Waals surface area contributed by atoms with E-state index in [2.05, 4.69) is 4.98 Å². The van der Waals surface area contributed by atoms with Crippen molar-refractivity contribution in [2.24, 2.45) is 0 Å². The van der Waals surface area contributed by atoms with Crippen molar-refractivity contribution in [2.75, 3.05) is 5.73 Å². The first-order chi connectivity index (χ1) is 7.36. The van der Waals surface area contributed by atoms with E-state index in [1.807, 2.05) is 6.92 Å². The monoisotopic (exact) mass is 232 g/mol. The summed E-state index contributed by atoms with van der Waals surface area (Å²) in [7, 11) is 0. The number of nitrogens with two attached hydrogens (primary N) is 1. The molecule has 16 heavy (non-hydrogen) atoms. The van der Waals surface area contributed by atoms with Crippen LogP contribution in [0.15, 0.2) is 12.3 Å². The normalized spacial score (nSPS) is 13.8. The summed E-state index contributed by atoms with van der Waals surface area (Å²) in [5.74, 6) is -0.255. The fourth-order valence-corrected chi connectivity index (χ4v) is 1.71. The zero-order chi connectivity index (χ0) is 12.3. The first-order valence-corrected chi connectivity index (χ1v) is 5.18. The molecule has 90 valence electrons. The summed E-state index contributed by atoms with van der Waals surface area (Å²) in [5.41, 5.74) is 4.85. The van der Waals surface area contributed by atoms with E-state index in [9.17, 15) is 13.2 Å². The van der Waals surface area contributed by atoms with Crippen LogP contribution in [0.3, 0.4) is 0 Å². The number of nitrogens with zero attached hydrogens (tertiary/aromatic N) is 1. The second kappa shape index (κ2) is 4.72. The lowest BCUT2D eigenvalue weighted by molar-refractivity contribution is -0.138. The topological polar surface area (TPSA) is 38.9 Å². The minimum atomic E-state index is -4.37. The molecule has 1 unspecified atom stereocenters. The van der Waals surface area contributed by atoms with Gasteiger partial charge in [0, 0.05) is 6.20 Å². The van der Waals surface area contributed by atoms with Gasteiger partial charge in [0.1, 0.15) is 5.82 Å². The van der Waals surface area contributed by atoms with Crippen molar-refractivity contribution in [3.05, 3.63) is 23.4 Å². The molecule has 1 aromatic heterocycles. The Kier molecular flexibility index (Phi) is 3.78. The van der Waals surface area contributed by atoms with Gasteiger partial charge in [-0.3, -0.25) is 0 Å². The lowest BCUT2D eigenvalue weighted by atomic mass is 9.93. The number of hydrogen-bond acceptors (Lipinski definition) is 2. The molecule has 0 aromatic carbocycles. The second-order valence-corrected chi connectivity index (χ2v) is 3.88. The Morgan fingerprint density at radius 1 is 1.44 bits per heavy atom. The van der Waals surface area contributed by atoms with Gasteiger partial charge >= 0.3 is 6.18 Å². The van der Waals surface area contributed by atoms with Crippen LogP contribution in [0.5, 0.6) is 0 Å². The van der Waals surface area contributed by atoms with Gasteiger partial charge in [0.25, 0.3) is 0 Å². The molecular weight excluding hydrogens is 217 g/mol. The molecule has 0 aliphatic carbocycles. The van der Waals surface area contributed by atoms with Crippen LogP contribution < -0.4 is 5.73 Å². The molecule has 5 heteroatoms. The largest absolute Gasteiger partial charge is 0.416 e. The van der Waals surface area contributed by atoms with Crippen molar-refractivity contribution < 1.29 is 13.2 Å². The molecule has 0 spiro atoms. The van der Waals surface area contributed by atoms with Gasteiger partial charge in [-0.1, -0.05) is 20.3 Å². The third-order valence-electron chi connectivity index (χ3n) is 2.51. The van der Waals surface area contributed by atoms with Crippen LogP contribution >= 0.6 is 0 Å². The van der Waals surface area contributed by atoms with Gasteiger partial charge in [-0.05, 0) is 24.0 Å². The van der Waals surface area contributed by atoms with E-state index in [1.165, 1.54) is 6.20 Å². The van der Waals surface area contributed by atoms with Crippen molar-refractivity contribution in [1.82, 2.24) is 4.98 Å². The smallest absolute Gasteiger partial charge is 0.384 e. The highest BCUT2D eigenvalue weighted by Crippen LogP contribution is 2.36. The summed E-state index contributed by atoms with van der Waals surface area (Å²) < 4.78 is 38.2. The molecule has 1 rings (SSSR count). The summed E-state index contributed by atoms with van der Waals surface area (Å²) in [5, 5.41) is 0. The quantitative estimate of drug-likeness (QED) is 0.864. The fraction of sp³-hybridized carbons (Fsp3) is 0.545. The number of halogens is 3. The zero-order valence-electron chi connectivity index (χ0n) is 9.30. The van der Waals surface area contributed by atoms with Crippen molar-refractivity contribution >= 4 is 5.82 Å². The third kappa shape index (κ3) is 2.87. The Hall–Kier alpha value is -1.26. The Labute approximate surface area is 92.7 Å². The van der Waals surface area contributed by atoms with E-state index in [4.69, 9.17) is 5.73 Å². The van der Waals surface area contributed by atoms with E-state index in [0.29, 0.717) is 6.42 Å². The minimum absolute atomic E-state index is 0.0974. The Morgan fingerprint density at radius 3 is 2.56 bits per heavy atom. The molecule has 0 aliphatic heterocycles. The summed E-state index contributed by atoms with van der Waals surface area (Å²) in [6, 6.07) is 0.904. The maximum atomic E-state index is 12.7. The molecular formula is C11H15F3N2. The SMILES string of the molecule is CCCC(C)c1cnc(N)cc1C(F)(F)F. The Balaban J connectivity index is 3.18. The summed E-state index contributed by atoms with van der Waals surface area (Å²) in [4.78, 5) is 3.73. The number of anilines is 1. The summed E-state index contributed by atoms with van der Waals surface area (Å²) in [6.45, 7) is 3.71. The summed E-state index contributed by atoms with van der Waals surface area (Å²) >= 11 is 0. The fourth-order valence-electron chi connectivity index (χ4n) is 1.71.